The van der Waals surface area contributed by atoms with Gasteiger partial charge in [0, 0.05) is 26.2 Å². The third kappa shape index (κ3) is 4.23. The van der Waals surface area contributed by atoms with Crippen molar-refractivity contribution in [3.8, 4) is 0 Å². The van der Waals surface area contributed by atoms with Crippen LogP contribution in [0.3, 0.4) is 0 Å². The van der Waals surface area contributed by atoms with Gasteiger partial charge in [-0.25, -0.2) is 0 Å². The Bertz CT molecular complexity index is 218. The second-order valence-corrected chi connectivity index (χ2v) is 6.08. The first-order valence-corrected chi connectivity index (χ1v) is 6.92. The molecule has 0 aliphatic heterocycles. The summed E-state index contributed by atoms with van der Waals surface area (Å²) >= 11 is 0. The lowest BCUT2D eigenvalue weighted by molar-refractivity contribution is 0.143. The highest BCUT2D eigenvalue weighted by Gasteiger charge is 2.41. The Balaban J connectivity index is 2.46. The van der Waals surface area contributed by atoms with Crippen molar-refractivity contribution in [2.75, 3.05) is 40.4 Å². The predicted molar refractivity (Wildman–Crippen MR) is 73.3 cm³/mol. The van der Waals surface area contributed by atoms with E-state index in [9.17, 15) is 0 Å². The van der Waals surface area contributed by atoms with Gasteiger partial charge in [-0.2, -0.15) is 0 Å². The second-order valence-electron chi connectivity index (χ2n) is 6.08. The molecule has 0 heterocycles. The summed E-state index contributed by atoms with van der Waals surface area (Å²) in [4.78, 5) is 2.40. The molecule has 102 valence electrons. The zero-order valence-electron chi connectivity index (χ0n) is 12.3. The molecule has 0 bridgehead atoms. The Morgan fingerprint density at radius 3 is 2.71 bits per heavy atom. The van der Waals surface area contributed by atoms with Crippen LogP contribution < -0.4 is 5.32 Å². The molecule has 0 radical (unpaired) electrons. The summed E-state index contributed by atoms with van der Waals surface area (Å²) < 4.78 is 5.13. The Kier molecular flexibility index (Phi) is 5.90. The zero-order valence-corrected chi connectivity index (χ0v) is 12.3. The summed E-state index contributed by atoms with van der Waals surface area (Å²) in [6.07, 6.45) is 2.69. The van der Waals surface area contributed by atoms with Crippen LogP contribution in [0.25, 0.3) is 0 Å². The van der Waals surface area contributed by atoms with Crippen LogP contribution >= 0.6 is 0 Å². The third-order valence-electron chi connectivity index (χ3n) is 4.12. The van der Waals surface area contributed by atoms with Gasteiger partial charge in [0.25, 0.3) is 0 Å². The molecular weight excluding hydrogens is 212 g/mol. The number of hydrogen-bond acceptors (Lipinski definition) is 3. The normalized spacial score (nSPS) is 27.9. The zero-order chi connectivity index (χ0) is 12.9. The van der Waals surface area contributed by atoms with Crippen molar-refractivity contribution in [2.45, 2.75) is 39.7 Å². The van der Waals surface area contributed by atoms with Crippen molar-refractivity contribution in [3.63, 3.8) is 0 Å². The summed E-state index contributed by atoms with van der Waals surface area (Å²) in [5.41, 5.74) is 0.447. The molecule has 1 saturated carbocycles. The lowest BCUT2D eigenvalue weighted by atomic mass is 9.84. The average Bonchev–Trinajstić information content (AvgIpc) is 2.54. The SMILES string of the molecule is CCNC1C(CN(C)CCOC)CCC1(C)C. The van der Waals surface area contributed by atoms with Crippen LogP contribution in [-0.4, -0.2) is 51.3 Å². The second kappa shape index (κ2) is 6.72. The van der Waals surface area contributed by atoms with E-state index < -0.39 is 0 Å². The fourth-order valence-electron chi connectivity index (χ4n) is 3.12. The van der Waals surface area contributed by atoms with Gasteiger partial charge >= 0.3 is 0 Å². The van der Waals surface area contributed by atoms with Gasteiger partial charge in [-0.3, -0.25) is 0 Å². The van der Waals surface area contributed by atoms with Gasteiger partial charge in [-0.15, -0.1) is 0 Å². The summed E-state index contributed by atoms with van der Waals surface area (Å²) in [7, 11) is 3.97. The minimum atomic E-state index is 0.447. The van der Waals surface area contributed by atoms with E-state index in [4.69, 9.17) is 4.74 Å². The number of ether oxygens (including phenoxy) is 1. The molecule has 0 saturated heterocycles. The smallest absolute Gasteiger partial charge is 0.0589 e. The Morgan fingerprint density at radius 1 is 1.41 bits per heavy atom. The topological polar surface area (TPSA) is 24.5 Å². The summed E-state index contributed by atoms with van der Waals surface area (Å²) in [6, 6.07) is 0.664. The number of methoxy groups -OCH3 is 1. The molecule has 2 unspecified atom stereocenters. The van der Waals surface area contributed by atoms with Crippen LogP contribution in [0.1, 0.15) is 33.6 Å². The molecule has 1 rings (SSSR count). The van der Waals surface area contributed by atoms with E-state index in [0.29, 0.717) is 11.5 Å². The van der Waals surface area contributed by atoms with Crippen molar-refractivity contribution < 1.29 is 4.74 Å². The Hall–Kier alpha value is -0.120. The van der Waals surface area contributed by atoms with Crippen molar-refractivity contribution in [2.24, 2.45) is 11.3 Å². The first-order valence-electron chi connectivity index (χ1n) is 6.92. The fourth-order valence-corrected chi connectivity index (χ4v) is 3.12. The van der Waals surface area contributed by atoms with E-state index in [2.05, 4.69) is 38.0 Å². The number of hydrogen-bond donors (Lipinski definition) is 1. The molecule has 1 N–H and O–H groups in total. The molecule has 1 aliphatic rings. The maximum Gasteiger partial charge on any atom is 0.0589 e. The molecular formula is C14H30N2O. The van der Waals surface area contributed by atoms with Crippen molar-refractivity contribution in [1.82, 2.24) is 10.2 Å². The lowest BCUT2D eigenvalue weighted by Crippen LogP contribution is -2.45. The number of nitrogens with zero attached hydrogens (tertiary/aromatic N) is 1. The molecule has 0 aromatic heterocycles. The van der Waals surface area contributed by atoms with E-state index >= 15 is 0 Å². The highest BCUT2D eigenvalue weighted by Crippen LogP contribution is 2.41. The van der Waals surface area contributed by atoms with Gasteiger partial charge in [-0.05, 0) is 37.8 Å². The van der Waals surface area contributed by atoms with Gasteiger partial charge in [-0.1, -0.05) is 20.8 Å². The minimum absolute atomic E-state index is 0.447. The highest BCUT2D eigenvalue weighted by molar-refractivity contribution is 4.96. The standard InChI is InChI=1S/C14H30N2O/c1-6-15-13-12(7-8-14(13,2)3)11-16(4)9-10-17-5/h12-13,15H,6-11H2,1-5H3. The van der Waals surface area contributed by atoms with E-state index in [0.717, 1.165) is 25.6 Å². The lowest BCUT2D eigenvalue weighted by Gasteiger charge is -2.33. The predicted octanol–water partition coefficient (Wildman–Crippen LogP) is 1.98. The third-order valence-corrected chi connectivity index (χ3v) is 4.12. The first-order chi connectivity index (χ1) is 8.01. The fraction of sp³-hybridized carbons (Fsp3) is 1.00. The van der Waals surface area contributed by atoms with Gasteiger partial charge in [0.15, 0.2) is 0 Å². The Labute approximate surface area is 107 Å². The minimum Gasteiger partial charge on any atom is -0.383 e. The molecule has 1 fully saturated rings. The van der Waals surface area contributed by atoms with Gasteiger partial charge < -0.3 is 15.0 Å². The molecule has 0 spiro atoms. The highest BCUT2D eigenvalue weighted by atomic mass is 16.5. The summed E-state index contributed by atoms with van der Waals surface area (Å²) in [5.74, 6) is 0.784. The molecule has 3 nitrogen and oxygen atoms in total. The largest absolute Gasteiger partial charge is 0.383 e. The van der Waals surface area contributed by atoms with Crippen molar-refractivity contribution in [1.29, 1.82) is 0 Å². The molecule has 3 heteroatoms. The molecule has 0 aromatic rings. The maximum atomic E-state index is 5.13. The van der Waals surface area contributed by atoms with Crippen molar-refractivity contribution >= 4 is 0 Å². The van der Waals surface area contributed by atoms with Crippen molar-refractivity contribution in [3.05, 3.63) is 0 Å². The number of likely N-dealkylation sites (N-methyl/N-ethyl adjacent to an activating group) is 1. The molecule has 1 aliphatic carbocycles. The molecule has 0 aromatic carbocycles. The van der Waals surface area contributed by atoms with Crippen LogP contribution in [0.2, 0.25) is 0 Å². The summed E-state index contributed by atoms with van der Waals surface area (Å²) in [6.45, 7) is 11.1. The Morgan fingerprint density at radius 2 is 2.12 bits per heavy atom. The van der Waals surface area contributed by atoms with Crippen LogP contribution in [0.5, 0.6) is 0 Å². The molecule has 2 atom stereocenters. The average molecular weight is 242 g/mol. The number of nitrogens with one attached hydrogen (secondary N) is 1. The van der Waals surface area contributed by atoms with E-state index in [1.807, 2.05) is 0 Å². The van der Waals surface area contributed by atoms with Crippen LogP contribution in [0, 0.1) is 11.3 Å². The van der Waals surface area contributed by atoms with Crippen LogP contribution in [0.15, 0.2) is 0 Å². The monoisotopic (exact) mass is 242 g/mol. The van der Waals surface area contributed by atoms with E-state index in [-0.39, 0.29) is 0 Å². The van der Waals surface area contributed by atoms with Gasteiger partial charge in [0.1, 0.15) is 0 Å². The summed E-state index contributed by atoms with van der Waals surface area (Å²) in [5, 5.41) is 3.69. The number of rotatable bonds is 7. The van der Waals surface area contributed by atoms with E-state index in [1.165, 1.54) is 19.4 Å². The first kappa shape index (κ1) is 14.9. The maximum absolute atomic E-state index is 5.13. The quantitative estimate of drug-likeness (QED) is 0.739. The molecule has 0 amide bonds. The van der Waals surface area contributed by atoms with Gasteiger partial charge in [0.2, 0.25) is 0 Å². The molecule has 17 heavy (non-hydrogen) atoms. The van der Waals surface area contributed by atoms with Crippen LogP contribution in [-0.2, 0) is 4.74 Å². The van der Waals surface area contributed by atoms with Gasteiger partial charge in [0.05, 0.1) is 6.61 Å². The van der Waals surface area contributed by atoms with Crippen LogP contribution in [0.4, 0.5) is 0 Å². The van der Waals surface area contributed by atoms with E-state index in [1.54, 1.807) is 7.11 Å².